The summed E-state index contributed by atoms with van der Waals surface area (Å²) < 4.78 is 0. The van der Waals surface area contributed by atoms with Gasteiger partial charge in [-0.25, -0.2) is 9.97 Å². The summed E-state index contributed by atoms with van der Waals surface area (Å²) in [6, 6.07) is 10.8. The summed E-state index contributed by atoms with van der Waals surface area (Å²) in [5, 5.41) is 0. The van der Waals surface area contributed by atoms with Crippen LogP contribution < -0.4 is 0 Å². The van der Waals surface area contributed by atoms with Crippen molar-refractivity contribution in [3.05, 3.63) is 60.2 Å². The number of fused-ring (bicyclic) bond motifs is 1. The van der Waals surface area contributed by atoms with E-state index in [0.29, 0.717) is 32.6 Å². The summed E-state index contributed by atoms with van der Waals surface area (Å²) in [6.07, 6.45) is 3.46. The number of rotatable bonds is 3. The predicted octanol–water partition coefficient (Wildman–Crippen LogP) is 0.562. The Morgan fingerprint density at radius 3 is 2.50 bits per heavy atom. The maximum absolute atomic E-state index is 13.0. The third-order valence-corrected chi connectivity index (χ3v) is 5.16. The molecule has 0 aliphatic carbocycles. The van der Waals surface area contributed by atoms with Crippen molar-refractivity contribution in [1.82, 2.24) is 24.7 Å². The first-order valence-electron chi connectivity index (χ1n) is 9.32. The summed E-state index contributed by atoms with van der Waals surface area (Å²) in [7, 11) is 0. The topological polar surface area (TPSA) is 86.7 Å². The average Bonchev–Trinajstić information content (AvgIpc) is 2.96. The van der Waals surface area contributed by atoms with E-state index < -0.39 is 6.04 Å². The number of carbonyl (C=O) groups is 3. The fraction of sp³-hybridized carbons (Fsp3) is 0.350. The third kappa shape index (κ3) is 3.58. The van der Waals surface area contributed by atoms with Crippen molar-refractivity contribution in [1.29, 1.82) is 0 Å². The van der Waals surface area contributed by atoms with Gasteiger partial charge in [-0.15, -0.1) is 0 Å². The van der Waals surface area contributed by atoms with E-state index in [-0.39, 0.29) is 30.1 Å². The van der Waals surface area contributed by atoms with E-state index >= 15 is 0 Å². The number of amides is 3. The van der Waals surface area contributed by atoms with Crippen molar-refractivity contribution in [2.45, 2.75) is 19.0 Å². The standard InChI is InChI=1S/C20H21N5O3/c26-17-14-24(13-15-5-2-1-3-6-15)19(27)16-7-10-23(11-12-25(16)17)20(28)18-21-8-4-9-22-18/h1-6,8-9,16H,7,10-14H2. The quantitative estimate of drug-likeness (QED) is 0.778. The van der Waals surface area contributed by atoms with Crippen molar-refractivity contribution < 1.29 is 14.4 Å². The van der Waals surface area contributed by atoms with E-state index in [0.717, 1.165) is 5.56 Å². The zero-order valence-electron chi connectivity index (χ0n) is 15.4. The highest BCUT2D eigenvalue weighted by Gasteiger charge is 2.41. The molecule has 8 nitrogen and oxygen atoms in total. The molecule has 0 saturated carbocycles. The van der Waals surface area contributed by atoms with Gasteiger partial charge in [-0.05, 0) is 18.1 Å². The lowest BCUT2D eigenvalue weighted by molar-refractivity contribution is -0.156. The van der Waals surface area contributed by atoms with Crippen LogP contribution in [0.15, 0.2) is 48.8 Å². The first-order valence-corrected chi connectivity index (χ1v) is 9.32. The minimum absolute atomic E-state index is 0.0614. The highest BCUT2D eigenvalue weighted by molar-refractivity contribution is 5.95. The molecule has 1 aromatic heterocycles. The number of carbonyl (C=O) groups excluding carboxylic acids is 3. The van der Waals surface area contributed by atoms with Crippen molar-refractivity contribution in [3.8, 4) is 0 Å². The Kier molecular flexibility index (Phi) is 5.01. The van der Waals surface area contributed by atoms with E-state index in [4.69, 9.17) is 0 Å². The highest BCUT2D eigenvalue weighted by Crippen LogP contribution is 2.21. The average molecular weight is 379 g/mol. The Labute approximate surface area is 162 Å². The van der Waals surface area contributed by atoms with Gasteiger partial charge in [-0.1, -0.05) is 30.3 Å². The number of piperazine rings is 1. The van der Waals surface area contributed by atoms with E-state index in [1.807, 2.05) is 30.3 Å². The smallest absolute Gasteiger partial charge is 0.291 e. The number of hydrogen-bond donors (Lipinski definition) is 0. The van der Waals surface area contributed by atoms with Crippen molar-refractivity contribution in [3.63, 3.8) is 0 Å². The Morgan fingerprint density at radius 2 is 1.75 bits per heavy atom. The van der Waals surface area contributed by atoms with Crippen LogP contribution in [0.25, 0.3) is 0 Å². The van der Waals surface area contributed by atoms with Crippen molar-refractivity contribution in [2.24, 2.45) is 0 Å². The summed E-state index contributed by atoms with van der Waals surface area (Å²) in [6.45, 7) is 1.57. The monoisotopic (exact) mass is 379 g/mol. The van der Waals surface area contributed by atoms with Crippen LogP contribution in [0.2, 0.25) is 0 Å². The molecule has 8 heteroatoms. The molecule has 2 aliphatic heterocycles. The second-order valence-electron chi connectivity index (χ2n) is 6.94. The van der Waals surface area contributed by atoms with Crippen LogP contribution in [0.5, 0.6) is 0 Å². The first kappa shape index (κ1) is 18.1. The van der Waals surface area contributed by atoms with Gasteiger partial charge in [0.15, 0.2) is 0 Å². The zero-order valence-corrected chi connectivity index (χ0v) is 15.4. The van der Waals surface area contributed by atoms with Crippen LogP contribution in [0, 0.1) is 0 Å². The van der Waals surface area contributed by atoms with Gasteiger partial charge in [0, 0.05) is 38.6 Å². The molecule has 0 radical (unpaired) electrons. The predicted molar refractivity (Wildman–Crippen MR) is 99.9 cm³/mol. The minimum atomic E-state index is -0.528. The molecule has 2 aliphatic rings. The molecule has 144 valence electrons. The summed E-state index contributed by atoms with van der Waals surface area (Å²) in [5.41, 5.74) is 0.990. The molecule has 3 heterocycles. The fourth-order valence-electron chi connectivity index (χ4n) is 3.72. The van der Waals surface area contributed by atoms with E-state index in [9.17, 15) is 14.4 Å². The second kappa shape index (κ2) is 7.75. The second-order valence-corrected chi connectivity index (χ2v) is 6.94. The molecule has 1 unspecified atom stereocenters. The molecule has 1 aromatic carbocycles. The number of aromatic nitrogens is 2. The molecule has 1 atom stereocenters. The van der Waals surface area contributed by atoms with Gasteiger partial charge in [0.1, 0.15) is 12.6 Å². The molecular formula is C20H21N5O3. The SMILES string of the molecule is O=C(c1ncccn1)N1CCC2C(=O)N(Cc3ccccc3)CC(=O)N2CC1. The van der Waals surface area contributed by atoms with Gasteiger partial charge in [-0.3, -0.25) is 14.4 Å². The number of benzene rings is 1. The maximum atomic E-state index is 13.0. The Balaban J connectivity index is 1.47. The third-order valence-electron chi connectivity index (χ3n) is 5.16. The molecule has 0 spiro atoms. The number of hydrogen-bond acceptors (Lipinski definition) is 5. The molecule has 0 bridgehead atoms. The van der Waals surface area contributed by atoms with E-state index in [2.05, 4.69) is 9.97 Å². The molecule has 2 aromatic rings. The maximum Gasteiger partial charge on any atom is 0.291 e. The lowest BCUT2D eigenvalue weighted by Gasteiger charge is -2.39. The molecule has 2 saturated heterocycles. The fourth-order valence-corrected chi connectivity index (χ4v) is 3.72. The molecule has 3 amide bonds. The summed E-state index contributed by atoms with van der Waals surface area (Å²) in [4.78, 5) is 51.2. The molecule has 28 heavy (non-hydrogen) atoms. The van der Waals surface area contributed by atoms with Gasteiger partial charge in [0.05, 0.1) is 0 Å². The largest absolute Gasteiger partial charge is 0.334 e. The van der Waals surface area contributed by atoms with Crippen LogP contribution in [0.1, 0.15) is 22.6 Å². The number of nitrogens with zero attached hydrogens (tertiary/aromatic N) is 5. The Morgan fingerprint density at radius 1 is 1.00 bits per heavy atom. The Hall–Kier alpha value is -3.29. The highest BCUT2D eigenvalue weighted by atomic mass is 16.2. The molecule has 0 N–H and O–H groups in total. The van der Waals surface area contributed by atoms with Gasteiger partial charge < -0.3 is 14.7 Å². The zero-order chi connectivity index (χ0) is 19.5. The van der Waals surface area contributed by atoms with Crippen LogP contribution in [-0.4, -0.2) is 74.6 Å². The molecular weight excluding hydrogens is 358 g/mol. The van der Waals surface area contributed by atoms with Crippen molar-refractivity contribution >= 4 is 17.7 Å². The van der Waals surface area contributed by atoms with Crippen molar-refractivity contribution in [2.75, 3.05) is 26.2 Å². The summed E-state index contributed by atoms with van der Waals surface area (Å²) >= 11 is 0. The van der Waals surface area contributed by atoms with Gasteiger partial charge >= 0.3 is 0 Å². The van der Waals surface area contributed by atoms with Crippen LogP contribution in [-0.2, 0) is 16.1 Å². The minimum Gasteiger partial charge on any atom is -0.334 e. The van der Waals surface area contributed by atoms with Gasteiger partial charge in [0.2, 0.25) is 17.6 Å². The first-order chi connectivity index (χ1) is 13.6. The summed E-state index contributed by atoms with van der Waals surface area (Å²) in [5.74, 6) is -0.285. The normalized spacial score (nSPS) is 20.0. The van der Waals surface area contributed by atoms with Crippen LogP contribution in [0.4, 0.5) is 0 Å². The molecule has 2 fully saturated rings. The van der Waals surface area contributed by atoms with Gasteiger partial charge in [-0.2, -0.15) is 0 Å². The lowest BCUT2D eigenvalue weighted by atomic mass is 10.1. The van der Waals surface area contributed by atoms with Crippen LogP contribution in [0.3, 0.4) is 0 Å². The van der Waals surface area contributed by atoms with E-state index in [1.165, 1.54) is 12.4 Å². The van der Waals surface area contributed by atoms with Crippen LogP contribution >= 0.6 is 0 Å². The lowest BCUT2D eigenvalue weighted by Crippen LogP contribution is -2.59. The van der Waals surface area contributed by atoms with Gasteiger partial charge in [0.25, 0.3) is 5.91 Å². The molecule has 4 rings (SSSR count). The van der Waals surface area contributed by atoms with E-state index in [1.54, 1.807) is 20.8 Å². The Bertz CT molecular complexity index is 874.